The van der Waals surface area contributed by atoms with Crippen LogP contribution in [0.1, 0.15) is 97.3 Å². The Morgan fingerprint density at radius 2 is 1.47 bits per heavy atom. The van der Waals surface area contributed by atoms with Crippen molar-refractivity contribution in [2.45, 2.75) is 122 Å². The third-order valence-electron chi connectivity index (χ3n) is 6.24. The fraction of sp³-hybridized carbons (Fsp3) is 0.880. The molecular weight excluding hydrogens is 438 g/mol. The second kappa shape index (κ2) is 17.7. The van der Waals surface area contributed by atoms with E-state index in [2.05, 4.69) is 22.5 Å². The molecule has 1 aliphatic heterocycles. The topological polar surface area (TPSA) is 139 Å². The fourth-order valence-corrected chi connectivity index (χ4v) is 4.42. The summed E-state index contributed by atoms with van der Waals surface area (Å²) >= 11 is 0. The molecule has 1 saturated heterocycles. The van der Waals surface area contributed by atoms with Crippen LogP contribution in [0.4, 0.5) is 0 Å². The van der Waals surface area contributed by atoms with Gasteiger partial charge in [0.25, 0.3) is 0 Å². The summed E-state index contributed by atoms with van der Waals surface area (Å²) in [5.41, 5.74) is 0. The second-order valence-corrected chi connectivity index (χ2v) is 9.74. The van der Waals surface area contributed by atoms with Gasteiger partial charge in [0.2, 0.25) is 11.8 Å². The first kappa shape index (κ1) is 30.3. The number of nitrogens with one attached hydrogen (secondary N) is 2. The summed E-state index contributed by atoms with van der Waals surface area (Å²) in [6.45, 7) is 5.62. The Kier molecular flexibility index (Phi) is 15.8. The molecule has 0 radical (unpaired) electrons. The lowest BCUT2D eigenvalue weighted by molar-refractivity contribution is -0.143. The second-order valence-electron chi connectivity index (χ2n) is 9.74. The van der Waals surface area contributed by atoms with Crippen molar-refractivity contribution in [2.75, 3.05) is 19.6 Å². The highest BCUT2D eigenvalue weighted by molar-refractivity contribution is 5.98. The van der Waals surface area contributed by atoms with Gasteiger partial charge in [-0.05, 0) is 39.2 Å². The van der Waals surface area contributed by atoms with Gasteiger partial charge >= 0.3 is 5.97 Å². The Bertz CT molecular complexity index is 601. The van der Waals surface area contributed by atoms with Gasteiger partial charge in [-0.3, -0.25) is 19.3 Å². The number of carbonyl (C=O) groups is 3. The van der Waals surface area contributed by atoms with E-state index in [-0.39, 0.29) is 5.91 Å². The number of carboxylic acid groups (broad SMARTS) is 1. The van der Waals surface area contributed by atoms with Crippen molar-refractivity contribution in [1.82, 2.24) is 15.5 Å². The lowest BCUT2D eigenvalue weighted by Gasteiger charge is -2.29. The molecule has 4 unspecified atom stereocenters. The SMILES string of the molecule is CCCCCCCCCCC(O)CN(CCCCC1NC(=O)C(CC(=O)O)NC1=O)CC(C)O. The van der Waals surface area contributed by atoms with Crippen molar-refractivity contribution >= 4 is 17.8 Å². The largest absolute Gasteiger partial charge is 0.481 e. The Hall–Kier alpha value is -1.71. The van der Waals surface area contributed by atoms with Crippen LogP contribution in [0.25, 0.3) is 0 Å². The number of hydrogen-bond acceptors (Lipinski definition) is 6. The average Bonchev–Trinajstić information content (AvgIpc) is 2.75. The van der Waals surface area contributed by atoms with Gasteiger partial charge < -0.3 is 26.0 Å². The molecule has 5 N–H and O–H groups in total. The summed E-state index contributed by atoms with van der Waals surface area (Å²) in [5.74, 6) is -1.96. The molecule has 1 heterocycles. The van der Waals surface area contributed by atoms with Crippen molar-refractivity contribution in [2.24, 2.45) is 0 Å². The molecule has 1 aliphatic rings. The zero-order valence-corrected chi connectivity index (χ0v) is 21.1. The molecule has 2 amide bonds. The summed E-state index contributed by atoms with van der Waals surface area (Å²) in [4.78, 5) is 37.0. The van der Waals surface area contributed by atoms with E-state index >= 15 is 0 Å². The Morgan fingerprint density at radius 1 is 0.882 bits per heavy atom. The van der Waals surface area contributed by atoms with Crippen LogP contribution in [0.5, 0.6) is 0 Å². The number of aliphatic carboxylic acids is 1. The van der Waals surface area contributed by atoms with Crippen LogP contribution >= 0.6 is 0 Å². The van der Waals surface area contributed by atoms with E-state index < -0.39 is 42.6 Å². The van der Waals surface area contributed by atoms with E-state index in [9.17, 15) is 24.6 Å². The summed E-state index contributed by atoms with van der Waals surface area (Å²) in [6.07, 6.45) is 11.1. The van der Waals surface area contributed by atoms with Crippen molar-refractivity contribution in [3.63, 3.8) is 0 Å². The number of hydrogen-bond donors (Lipinski definition) is 5. The lowest BCUT2D eigenvalue weighted by Crippen LogP contribution is -2.62. The highest BCUT2D eigenvalue weighted by atomic mass is 16.4. The number of nitrogens with zero attached hydrogens (tertiary/aromatic N) is 1. The molecule has 4 atom stereocenters. The van der Waals surface area contributed by atoms with Crippen molar-refractivity contribution < 1.29 is 29.7 Å². The van der Waals surface area contributed by atoms with E-state index in [1.54, 1.807) is 6.92 Å². The van der Waals surface area contributed by atoms with Crippen LogP contribution in [0.15, 0.2) is 0 Å². The van der Waals surface area contributed by atoms with Gasteiger partial charge in [0, 0.05) is 13.1 Å². The van der Waals surface area contributed by atoms with Crippen LogP contribution in [-0.2, 0) is 14.4 Å². The Balaban J connectivity index is 2.27. The third kappa shape index (κ3) is 13.9. The van der Waals surface area contributed by atoms with E-state index in [1.165, 1.54) is 38.5 Å². The van der Waals surface area contributed by atoms with Crippen LogP contribution in [0, 0.1) is 0 Å². The van der Waals surface area contributed by atoms with E-state index in [4.69, 9.17) is 5.11 Å². The third-order valence-corrected chi connectivity index (χ3v) is 6.24. The van der Waals surface area contributed by atoms with Crippen LogP contribution in [-0.4, -0.2) is 81.9 Å². The maximum atomic E-state index is 12.2. The fourth-order valence-electron chi connectivity index (χ4n) is 4.42. The van der Waals surface area contributed by atoms with Gasteiger partial charge in [0.1, 0.15) is 12.1 Å². The lowest BCUT2D eigenvalue weighted by atomic mass is 10.0. The quantitative estimate of drug-likeness (QED) is 0.167. The minimum absolute atomic E-state index is 0.354. The van der Waals surface area contributed by atoms with Crippen molar-refractivity contribution in [3.8, 4) is 0 Å². The van der Waals surface area contributed by atoms with E-state index in [0.29, 0.717) is 32.5 Å². The number of piperazine rings is 1. The Morgan fingerprint density at radius 3 is 2.09 bits per heavy atom. The maximum Gasteiger partial charge on any atom is 0.305 e. The molecule has 1 fully saturated rings. The molecule has 34 heavy (non-hydrogen) atoms. The molecule has 9 nitrogen and oxygen atoms in total. The van der Waals surface area contributed by atoms with E-state index in [0.717, 1.165) is 25.7 Å². The first-order valence-electron chi connectivity index (χ1n) is 13.1. The molecule has 0 spiro atoms. The summed E-state index contributed by atoms with van der Waals surface area (Å²) < 4.78 is 0. The average molecular weight is 486 g/mol. The number of carbonyl (C=O) groups excluding carboxylic acids is 2. The molecule has 1 rings (SSSR count). The molecule has 9 heteroatoms. The number of unbranched alkanes of at least 4 members (excludes halogenated alkanes) is 8. The van der Waals surface area contributed by atoms with Crippen molar-refractivity contribution in [3.05, 3.63) is 0 Å². The van der Waals surface area contributed by atoms with Gasteiger partial charge in [-0.25, -0.2) is 0 Å². The molecule has 0 saturated carbocycles. The molecule has 0 aliphatic carbocycles. The predicted octanol–water partition coefficient (Wildman–Crippen LogP) is 2.19. The summed E-state index contributed by atoms with van der Waals surface area (Å²) in [5, 5.41) is 34.2. The first-order valence-corrected chi connectivity index (χ1v) is 13.1. The van der Waals surface area contributed by atoms with Gasteiger partial charge in [0.05, 0.1) is 18.6 Å². The predicted molar refractivity (Wildman–Crippen MR) is 131 cm³/mol. The maximum absolute atomic E-state index is 12.2. The standard InChI is InChI=1S/C25H47N3O6/c1-3-4-5-6-7-8-9-10-13-20(30)18-28(17-19(2)29)15-12-11-14-21-24(33)27-22(16-23(31)32)25(34)26-21/h19-22,29-30H,3-18H2,1-2H3,(H,26,34)(H,27,33)(H,31,32). The molecule has 0 aromatic carbocycles. The van der Waals surface area contributed by atoms with Gasteiger partial charge in [-0.15, -0.1) is 0 Å². The van der Waals surface area contributed by atoms with Gasteiger partial charge in [-0.1, -0.05) is 58.3 Å². The number of aliphatic hydroxyl groups is 2. The molecule has 0 bridgehead atoms. The molecule has 198 valence electrons. The number of amides is 2. The number of aliphatic hydroxyl groups excluding tert-OH is 2. The summed E-state index contributed by atoms with van der Waals surface area (Å²) in [6, 6.07) is -1.68. The Labute approximate surface area is 204 Å². The van der Waals surface area contributed by atoms with E-state index in [1.807, 2.05) is 0 Å². The monoisotopic (exact) mass is 485 g/mol. The number of carboxylic acids is 1. The van der Waals surface area contributed by atoms with Crippen LogP contribution in [0.3, 0.4) is 0 Å². The number of rotatable bonds is 20. The zero-order chi connectivity index (χ0) is 25.3. The first-order chi connectivity index (χ1) is 16.2. The van der Waals surface area contributed by atoms with Gasteiger partial charge in [-0.2, -0.15) is 0 Å². The molecular formula is C25H47N3O6. The minimum atomic E-state index is -1.14. The van der Waals surface area contributed by atoms with Crippen LogP contribution < -0.4 is 10.6 Å². The summed E-state index contributed by atoms with van der Waals surface area (Å²) in [7, 11) is 0. The highest BCUT2D eigenvalue weighted by Gasteiger charge is 2.34. The molecule has 0 aromatic rings. The zero-order valence-electron chi connectivity index (χ0n) is 21.1. The smallest absolute Gasteiger partial charge is 0.305 e. The minimum Gasteiger partial charge on any atom is -0.481 e. The van der Waals surface area contributed by atoms with Crippen LogP contribution in [0.2, 0.25) is 0 Å². The van der Waals surface area contributed by atoms with Gasteiger partial charge in [0.15, 0.2) is 0 Å². The molecule has 0 aromatic heterocycles. The highest BCUT2D eigenvalue weighted by Crippen LogP contribution is 2.13. The van der Waals surface area contributed by atoms with Crippen molar-refractivity contribution in [1.29, 1.82) is 0 Å². The normalized spacial score (nSPS) is 20.1.